The topological polar surface area (TPSA) is 33.5 Å². The van der Waals surface area contributed by atoms with Gasteiger partial charge in [-0.05, 0) is 82.6 Å². The monoisotopic (exact) mass is 698 g/mol. The van der Waals surface area contributed by atoms with Crippen molar-refractivity contribution in [2.75, 3.05) is 16.5 Å². The summed E-state index contributed by atoms with van der Waals surface area (Å²) in [4.78, 5) is 9.43. The first-order valence-corrected chi connectivity index (χ1v) is 18.8. The van der Waals surface area contributed by atoms with Gasteiger partial charge < -0.3 is 14.5 Å². The average molecular weight is 699 g/mol. The van der Waals surface area contributed by atoms with Gasteiger partial charge in [0.2, 0.25) is 0 Å². The van der Waals surface area contributed by atoms with Gasteiger partial charge in [0.15, 0.2) is 0 Å². The number of hydrogen-bond acceptors (Lipinski definition) is 5. The van der Waals surface area contributed by atoms with E-state index in [2.05, 4.69) is 171 Å². The number of pyridine rings is 1. The van der Waals surface area contributed by atoms with Crippen molar-refractivity contribution < 1.29 is 4.74 Å². The molecule has 5 nitrogen and oxygen atoms in total. The molecule has 5 aromatic carbocycles. The number of benzene rings is 5. The van der Waals surface area contributed by atoms with E-state index in [9.17, 15) is 0 Å². The Kier molecular flexibility index (Phi) is 7.46. The van der Waals surface area contributed by atoms with Gasteiger partial charge in [0.25, 0.3) is 0 Å². The smallest absolute Gasteiger partial charge is 0.137 e. The Hall–Kier alpha value is -5.59. The summed E-state index contributed by atoms with van der Waals surface area (Å²) in [6.07, 6.45) is 6.20. The van der Waals surface area contributed by atoms with E-state index in [1.165, 1.54) is 53.3 Å². The van der Waals surface area contributed by atoms with Crippen molar-refractivity contribution in [3.05, 3.63) is 145 Å². The average Bonchev–Trinajstić information content (AvgIpc) is 3.85. The summed E-state index contributed by atoms with van der Waals surface area (Å²) < 4.78 is 11.5. The third-order valence-corrected chi connectivity index (χ3v) is 11.4. The lowest BCUT2D eigenvalue weighted by Gasteiger charge is -2.29. The van der Waals surface area contributed by atoms with Crippen molar-refractivity contribution in [2.24, 2.45) is 0 Å². The quantitative estimate of drug-likeness (QED) is 0.179. The number of thiophene rings is 1. The molecule has 0 atom stereocenters. The largest absolute Gasteiger partial charge is 0.457 e. The lowest BCUT2D eigenvalue weighted by atomic mass is 9.80. The maximum Gasteiger partial charge on any atom is 0.137 e. The number of fused-ring (bicyclic) bond motifs is 7. The van der Waals surface area contributed by atoms with E-state index in [1.54, 1.807) is 0 Å². The summed E-state index contributed by atoms with van der Waals surface area (Å²) in [5.74, 6) is 2.46. The van der Waals surface area contributed by atoms with E-state index in [0.717, 1.165) is 35.2 Å². The van der Waals surface area contributed by atoms with Crippen LogP contribution < -0.4 is 14.5 Å². The fraction of sp³-hybridized carbons (Fsp3) is 0.196. The van der Waals surface area contributed by atoms with Crippen LogP contribution in [0.15, 0.2) is 134 Å². The van der Waals surface area contributed by atoms with Gasteiger partial charge >= 0.3 is 0 Å². The molecule has 4 heterocycles. The fourth-order valence-electron chi connectivity index (χ4n) is 7.34. The first-order chi connectivity index (χ1) is 25.0. The molecule has 0 N–H and O–H groups in total. The van der Waals surface area contributed by atoms with Crippen LogP contribution in [0.3, 0.4) is 0 Å². The summed E-state index contributed by atoms with van der Waals surface area (Å²) >= 11 is 1.84. The number of nitrogens with zero attached hydrogens (tertiary/aromatic N) is 4. The van der Waals surface area contributed by atoms with E-state index in [0.29, 0.717) is 0 Å². The van der Waals surface area contributed by atoms with E-state index in [-0.39, 0.29) is 10.8 Å². The minimum atomic E-state index is 0.0598. The summed E-state index contributed by atoms with van der Waals surface area (Å²) in [6.45, 7) is 14.5. The molecule has 3 aromatic heterocycles. The number of rotatable bonds is 5. The second-order valence-electron chi connectivity index (χ2n) is 15.9. The third kappa shape index (κ3) is 5.59. The minimum Gasteiger partial charge on any atom is -0.457 e. The maximum atomic E-state index is 6.64. The SMILES string of the molecule is CC(C)(C)c1cc(N2C=CN(c3cccc(Oc4ccc5c6ccc7sc8ccccc8c7c6n(-c6ccccn6)c5c4)c3)C2)cc(C(C)(C)C)c1. The predicted molar refractivity (Wildman–Crippen MR) is 221 cm³/mol. The van der Waals surface area contributed by atoms with Crippen LogP contribution in [0.1, 0.15) is 52.7 Å². The second-order valence-corrected chi connectivity index (χ2v) is 17.0. The predicted octanol–water partition coefficient (Wildman–Crippen LogP) is 12.7. The second kappa shape index (κ2) is 12.0. The van der Waals surface area contributed by atoms with Crippen LogP contribution >= 0.6 is 11.3 Å². The van der Waals surface area contributed by atoms with Crippen LogP contribution in [-0.4, -0.2) is 16.2 Å². The molecular weight excluding hydrogens is 657 g/mol. The Balaban J connectivity index is 1.06. The van der Waals surface area contributed by atoms with E-state index >= 15 is 0 Å². The molecule has 9 rings (SSSR count). The van der Waals surface area contributed by atoms with Crippen LogP contribution in [0.25, 0.3) is 47.8 Å². The van der Waals surface area contributed by atoms with E-state index in [1.807, 2.05) is 29.7 Å². The van der Waals surface area contributed by atoms with Gasteiger partial charge in [0.05, 0.1) is 17.7 Å². The molecule has 8 aromatic rings. The molecule has 52 heavy (non-hydrogen) atoms. The summed E-state index contributed by atoms with van der Waals surface area (Å²) in [6, 6.07) is 41.2. The summed E-state index contributed by atoms with van der Waals surface area (Å²) in [7, 11) is 0. The van der Waals surface area contributed by atoms with Crippen molar-refractivity contribution in [1.82, 2.24) is 9.55 Å². The molecule has 1 aliphatic heterocycles. The lowest BCUT2D eigenvalue weighted by molar-refractivity contribution is 0.483. The van der Waals surface area contributed by atoms with Gasteiger partial charge in [-0.3, -0.25) is 4.57 Å². The van der Waals surface area contributed by atoms with Crippen LogP contribution in [0.5, 0.6) is 11.5 Å². The van der Waals surface area contributed by atoms with Gasteiger partial charge in [-0.15, -0.1) is 11.3 Å². The molecular formula is C46H42N4OS. The van der Waals surface area contributed by atoms with Crippen molar-refractivity contribution >= 4 is 64.7 Å². The molecule has 0 bridgehead atoms. The first kappa shape index (κ1) is 32.3. The molecule has 0 spiro atoms. The van der Waals surface area contributed by atoms with Crippen molar-refractivity contribution in [1.29, 1.82) is 0 Å². The normalized spacial score (nSPS) is 13.7. The fourth-order valence-corrected chi connectivity index (χ4v) is 8.45. The Morgan fingerprint density at radius 2 is 1.31 bits per heavy atom. The highest BCUT2D eigenvalue weighted by atomic mass is 32.1. The van der Waals surface area contributed by atoms with Gasteiger partial charge in [-0.1, -0.05) is 84.0 Å². The van der Waals surface area contributed by atoms with Gasteiger partial charge in [-0.25, -0.2) is 4.98 Å². The van der Waals surface area contributed by atoms with E-state index < -0.39 is 0 Å². The zero-order valence-corrected chi connectivity index (χ0v) is 31.3. The summed E-state index contributed by atoms with van der Waals surface area (Å²) in [5, 5.41) is 4.92. The Bertz CT molecular complexity index is 2640. The molecule has 0 aliphatic carbocycles. The zero-order valence-electron chi connectivity index (χ0n) is 30.5. The number of ether oxygens (including phenoxy) is 1. The highest BCUT2D eigenvalue weighted by Crippen LogP contribution is 2.44. The van der Waals surface area contributed by atoms with Crippen molar-refractivity contribution in [2.45, 2.75) is 52.4 Å². The maximum absolute atomic E-state index is 6.64. The molecule has 0 radical (unpaired) electrons. The Morgan fingerprint density at radius 3 is 2.06 bits per heavy atom. The zero-order chi connectivity index (χ0) is 35.8. The molecule has 6 heteroatoms. The third-order valence-electron chi connectivity index (χ3n) is 10.2. The van der Waals surface area contributed by atoms with Crippen molar-refractivity contribution in [3.8, 4) is 17.3 Å². The van der Waals surface area contributed by atoms with Gasteiger partial charge in [0, 0.05) is 73.0 Å². The number of aromatic nitrogens is 2. The molecule has 0 fully saturated rings. The molecule has 0 unspecified atom stereocenters. The van der Waals surface area contributed by atoms with Gasteiger partial charge in [0.1, 0.15) is 17.3 Å². The molecule has 0 saturated heterocycles. The summed E-state index contributed by atoms with van der Waals surface area (Å²) in [5.41, 5.74) is 7.36. The van der Waals surface area contributed by atoms with Gasteiger partial charge in [-0.2, -0.15) is 0 Å². The van der Waals surface area contributed by atoms with Crippen LogP contribution in [0.2, 0.25) is 0 Å². The molecule has 258 valence electrons. The van der Waals surface area contributed by atoms with Crippen molar-refractivity contribution in [3.63, 3.8) is 0 Å². The standard InChI is InChI=1S/C46H42N4OS/c1-45(2,3)30-24-31(46(4,5)6)26-33(25-30)49-23-22-48(29-49)32-12-11-13-34(27-32)51-35-17-18-36-37-19-20-41-43(38-14-7-8-15-40(38)52-41)44(37)50(39(36)28-35)42-16-9-10-21-47-42/h7-28H,29H2,1-6H3. The molecule has 0 amide bonds. The van der Waals surface area contributed by atoms with Crippen LogP contribution in [0, 0.1) is 0 Å². The molecule has 1 aliphatic rings. The Morgan fingerprint density at radius 1 is 0.596 bits per heavy atom. The van der Waals surface area contributed by atoms with E-state index in [4.69, 9.17) is 9.72 Å². The number of anilines is 2. The molecule has 0 saturated carbocycles. The van der Waals surface area contributed by atoms with Crippen LogP contribution in [-0.2, 0) is 10.8 Å². The first-order valence-electron chi connectivity index (χ1n) is 18.0. The minimum absolute atomic E-state index is 0.0598. The lowest BCUT2D eigenvalue weighted by Crippen LogP contribution is -2.26. The highest BCUT2D eigenvalue weighted by Gasteiger charge is 2.24. The Labute approximate surface area is 309 Å². The number of hydrogen-bond donors (Lipinski definition) is 0. The highest BCUT2D eigenvalue weighted by molar-refractivity contribution is 7.26. The van der Waals surface area contributed by atoms with Crippen LogP contribution in [0.4, 0.5) is 11.4 Å².